The zero-order chi connectivity index (χ0) is 15.2. The predicted molar refractivity (Wildman–Crippen MR) is 95.1 cm³/mol. The van der Waals surface area contributed by atoms with Crippen LogP contribution < -0.4 is 5.43 Å². The summed E-state index contributed by atoms with van der Waals surface area (Å²) in [6.45, 7) is 6.58. The highest BCUT2D eigenvalue weighted by Crippen LogP contribution is 2.35. The van der Waals surface area contributed by atoms with Crippen molar-refractivity contribution in [1.82, 2.24) is 0 Å². The Kier molecular flexibility index (Phi) is 3.68. The van der Waals surface area contributed by atoms with Crippen molar-refractivity contribution in [1.29, 1.82) is 0 Å². The zero-order valence-electron chi connectivity index (χ0n) is 12.1. The lowest BCUT2D eigenvalue weighted by Gasteiger charge is -2.19. The maximum absolute atomic E-state index is 12.2. The summed E-state index contributed by atoms with van der Waals surface area (Å²) in [5, 5.41) is 0.727. The smallest absolute Gasteiger partial charge is 0.189 e. The molecule has 2 heterocycles. The van der Waals surface area contributed by atoms with Crippen LogP contribution in [0.15, 0.2) is 41.2 Å². The average molecular weight is 335 g/mol. The van der Waals surface area contributed by atoms with Crippen LogP contribution in [0.5, 0.6) is 0 Å². The highest BCUT2D eigenvalue weighted by molar-refractivity contribution is 7.40. The molecule has 4 heteroatoms. The molecule has 3 aromatic rings. The summed E-state index contributed by atoms with van der Waals surface area (Å²) in [5.41, 5.74) is 2.55. The largest absolute Gasteiger partial charge is 0.289 e. The zero-order valence-corrected chi connectivity index (χ0v) is 14.5. The summed E-state index contributed by atoms with van der Waals surface area (Å²) in [6, 6.07) is 11.9. The molecule has 0 aliphatic heterocycles. The van der Waals surface area contributed by atoms with E-state index in [2.05, 4.69) is 45.0 Å². The van der Waals surface area contributed by atoms with E-state index in [1.807, 2.05) is 0 Å². The van der Waals surface area contributed by atoms with Crippen molar-refractivity contribution in [3.05, 3.63) is 56.5 Å². The molecule has 0 saturated carbocycles. The first-order chi connectivity index (χ1) is 9.84. The van der Waals surface area contributed by atoms with Crippen molar-refractivity contribution in [3.63, 3.8) is 0 Å². The maximum atomic E-state index is 12.2. The number of benzene rings is 1. The van der Waals surface area contributed by atoms with E-state index in [0.29, 0.717) is 4.34 Å². The van der Waals surface area contributed by atoms with Crippen molar-refractivity contribution in [3.8, 4) is 10.4 Å². The van der Waals surface area contributed by atoms with Crippen LogP contribution in [0.1, 0.15) is 26.3 Å². The van der Waals surface area contributed by atoms with Crippen LogP contribution in [-0.4, -0.2) is 0 Å². The SMILES string of the molecule is CC(C)(C)c1ccc(-c2cc(=O)c3cc(Cl)sc3s2)cc1. The molecule has 0 fully saturated rings. The average Bonchev–Trinajstić information content (AvgIpc) is 2.79. The van der Waals surface area contributed by atoms with Gasteiger partial charge in [-0.2, -0.15) is 0 Å². The van der Waals surface area contributed by atoms with Crippen LogP contribution >= 0.6 is 34.3 Å². The third kappa shape index (κ3) is 2.91. The first-order valence-electron chi connectivity index (χ1n) is 6.69. The monoisotopic (exact) mass is 334 g/mol. The van der Waals surface area contributed by atoms with E-state index in [4.69, 9.17) is 11.6 Å². The molecule has 0 bridgehead atoms. The Labute approximate surface area is 136 Å². The third-order valence-corrected chi connectivity index (χ3v) is 5.97. The Morgan fingerprint density at radius 1 is 1.00 bits per heavy atom. The van der Waals surface area contributed by atoms with Gasteiger partial charge in [-0.3, -0.25) is 4.79 Å². The summed E-state index contributed by atoms with van der Waals surface area (Å²) in [6.07, 6.45) is 0. The van der Waals surface area contributed by atoms with E-state index in [0.717, 1.165) is 19.8 Å². The predicted octanol–water partition coefficient (Wildman–Crippen LogP) is 5.94. The van der Waals surface area contributed by atoms with Crippen LogP contribution in [0.2, 0.25) is 4.34 Å². The second-order valence-electron chi connectivity index (χ2n) is 6.05. The van der Waals surface area contributed by atoms with Crippen LogP contribution in [0.3, 0.4) is 0 Å². The lowest BCUT2D eigenvalue weighted by Crippen LogP contribution is -2.10. The van der Waals surface area contributed by atoms with Gasteiger partial charge in [-0.25, -0.2) is 0 Å². The number of rotatable bonds is 1. The second kappa shape index (κ2) is 5.24. The van der Waals surface area contributed by atoms with Crippen LogP contribution in [0.4, 0.5) is 0 Å². The molecule has 21 heavy (non-hydrogen) atoms. The minimum absolute atomic E-state index is 0.0433. The van der Waals surface area contributed by atoms with Gasteiger partial charge in [-0.15, -0.1) is 22.7 Å². The molecule has 108 valence electrons. The van der Waals surface area contributed by atoms with E-state index in [-0.39, 0.29) is 10.8 Å². The lowest BCUT2D eigenvalue weighted by atomic mass is 9.86. The van der Waals surface area contributed by atoms with Gasteiger partial charge in [-0.05, 0) is 22.6 Å². The summed E-state index contributed by atoms with van der Waals surface area (Å²) >= 11 is 9.10. The van der Waals surface area contributed by atoms with Crippen molar-refractivity contribution in [2.24, 2.45) is 0 Å². The number of halogens is 1. The second-order valence-corrected chi connectivity index (χ2v) is 9.05. The van der Waals surface area contributed by atoms with Crippen LogP contribution in [-0.2, 0) is 5.41 Å². The van der Waals surface area contributed by atoms with Gasteiger partial charge in [0.25, 0.3) is 0 Å². The van der Waals surface area contributed by atoms with E-state index >= 15 is 0 Å². The van der Waals surface area contributed by atoms with Crippen molar-refractivity contribution >= 4 is 43.7 Å². The first-order valence-corrected chi connectivity index (χ1v) is 8.70. The topological polar surface area (TPSA) is 17.1 Å². The van der Waals surface area contributed by atoms with E-state index < -0.39 is 0 Å². The number of hydrogen-bond donors (Lipinski definition) is 0. The van der Waals surface area contributed by atoms with Gasteiger partial charge in [0.05, 0.1) is 13.7 Å². The fourth-order valence-corrected chi connectivity index (χ4v) is 4.89. The Morgan fingerprint density at radius 2 is 1.67 bits per heavy atom. The molecule has 2 aromatic heterocycles. The number of thiophene rings is 1. The molecule has 0 N–H and O–H groups in total. The van der Waals surface area contributed by atoms with Gasteiger partial charge in [0, 0.05) is 10.9 Å². The highest BCUT2D eigenvalue weighted by atomic mass is 35.5. The molecule has 0 radical (unpaired) electrons. The fourth-order valence-electron chi connectivity index (χ4n) is 2.20. The van der Waals surface area contributed by atoms with Crippen LogP contribution in [0.25, 0.3) is 19.8 Å². The number of hydrogen-bond acceptors (Lipinski definition) is 3. The molecule has 1 aromatic carbocycles. The molecule has 0 amide bonds. The molecule has 0 spiro atoms. The molecule has 0 saturated heterocycles. The highest BCUT2D eigenvalue weighted by Gasteiger charge is 2.14. The minimum Gasteiger partial charge on any atom is -0.289 e. The molecule has 0 aliphatic carbocycles. The quantitative estimate of drug-likeness (QED) is 0.538. The molecular weight excluding hydrogens is 320 g/mol. The van der Waals surface area contributed by atoms with Gasteiger partial charge in [0.15, 0.2) is 5.43 Å². The Bertz CT molecular complexity index is 851. The van der Waals surface area contributed by atoms with Crippen LogP contribution in [0, 0.1) is 0 Å². The molecule has 1 nitrogen and oxygen atoms in total. The van der Waals surface area contributed by atoms with Crippen molar-refractivity contribution < 1.29 is 0 Å². The Balaban J connectivity index is 2.10. The van der Waals surface area contributed by atoms with Gasteiger partial charge in [0.2, 0.25) is 0 Å². The fraction of sp³-hybridized carbons (Fsp3) is 0.235. The molecule has 0 atom stereocenters. The molecule has 3 rings (SSSR count). The normalized spacial score (nSPS) is 12.0. The first kappa shape index (κ1) is 14.8. The summed E-state index contributed by atoms with van der Waals surface area (Å²) in [5.74, 6) is 0. The molecule has 0 unspecified atom stereocenters. The molecular formula is C17H15ClOS2. The van der Waals surface area contributed by atoms with Gasteiger partial charge in [0.1, 0.15) is 0 Å². The van der Waals surface area contributed by atoms with Gasteiger partial charge >= 0.3 is 0 Å². The summed E-state index contributed by atoms with van der Waals surface area (Å²) in [4.78, 5) is 13.2. The maximum Gasteiger partial charge on any atom is 0.189 e. The van der Waals surface area contributed by atoms with Crippen molar-refractivity contribution in [2.45, 2.75) is 26.2 Å². The van der Waals surface area contributed by atoms with Crippen molar-refractivity contribution in [2.75, 3.05) is 0 Å². The third-order valence-electron chi connectivity index (χ3n) is 3.43. The minimum atomic E-state index is 0.0433. The van der Waals surface area contributed by atoms with E-state index in [1.54, 1.807) is 23.5 Å². The van der Waals surface area contributed by atoms with E-state index in [9.17, 15) is 4.79 Å². The molecule has 0 aliphatic rings. The van der Waals surface area contributed by atoms with Gasteiger partial charge < -0.3 is 0 Å². The van der Waals surface area contributed by atoms with E-state index in [1.165, 1.54) is 16.9 Å². The summed E-state index contributed by atoms with van der Waals surface area (Å²) in [7, 11) is 0. The number of fused-ring (bicyclic) bond motifs is 1. The van der Waals surface area contributed by atoms with Gasteiger partial charge in [-0.1, -0.05) is 56.6 Å². The Morgan fingerprint density at radius 3 is 2.29 bits per heavy atom. The Hall–Kier alpha value is -1.16. The lowest BCUT2D eigenvalue weighted by molar-refractivity contribution is 0.590. The standard InChI is InChI=1S/C17H15ClOS2/c1-17(2,3)11-6-4-10(5-7-11)14-9-13(19)12-8-15(18)21-16(12)20-14/h4-9H,1-3H3. The summed E-state index contributed by atoms with van der Waals surface area (Å²) < 4.78 is 1.65.